The SMILES string of the molecule is CC(C)(C)C(=O)[O-].CC(C)(C)C(=O)[O-].CO.CO.Cn1cncc1C1=[N+]([O-])C(C)(C)C(C)(C)[N+]1=O.Cn1cncc1C1=[N+]([O-])C(C)(C)C(C)(C)[N+]1=O.[Cu]. The zero-order valence-corrected chi connectivity index (χ0v) is 35.3. The molecular formula is C34H60CuN8O10. The predicted octanol–water partition coefficient (Wildman–Crippen LogP) is 0.833. The van der Waals surface area contributed by atoms with Gasteiger partial charge in [-0.05, 0) is 0 Å². The zero-order valence-electron chi connectivity index (χ0n) is 34.3. The number of aromatic nitrogens is 4. The Morgan fingerprint density at radius 1 is 0.604 bits per heavy atom. The summed E-state index contributed by atoms with van der Waals surface area (Å²) in [6, 6.07) is 0. The molecule has 0 saturated heterocycles. The normalized spacial score (nSPS) is 17.5. The van der Waals surface area contributed by atoms with Gasteiger partial charge < -0.3 is 49.6 Å². The number of amidine groups is 2. The molecule has 2 aliphatic heterocycles. The van der Waals surface area contributed by atoms with Gasteiger partial charge in [-0.3, -0.25) is 0 Å². The molecule has 18 nitrogen and oxygen atoms in total. The third-order valence-electron chi connectivity index (χ3n) is 9.11. The van der Waals surface area contributed by atoms with Crippen molar-refractivity contribution in [1.82, 2.24) is 19.1 Å². The van der Waals surface area contributed by atoms with E-state index in [1.807, 2.05) is 0 Å². The molecule has 2 aromatic heterocycles. The summed E-state index contributed by atoms with van der Waals surface area (Å²) in [5.41, 5.74) is -3.45. The number of hydrogen-bond acceptors (Lipinski definition) is 12. The Morgan fingerprint density at radius 2 is 0.811 bits per heavy atom. The molecule has 0 bridgehead atoms. The fourth-order valence-corrected chi connectivity index (χ4v) is 3.78. The van der Waals surface area contributed by atoms with E-state index in [2.05, 4.69) is 9.97 Å². The second-order valence-corrected chi connectivity index (χ2v) is 15.9. The van der Waals surface area contributed by atoms with Crippen LogP contribution in [0.15, 0.2) is 25.0 Å². The summed E-state index contributed by atoms with van der Waals surface area (Å²) >= 11 is 0. The largest absolute Gasteiger partial charge is 0.618 e. The van der Waals surface area contributed by atoms with Gasteiger partial charge in [0.1, 0.15) is 9.52 Å². The number of hydrogen-bond donors (Lipinski definition) is 2. The summed E-state index contributed by atoms with van der Waals surface area (Å²) < 4.78 is 6.49. The summed E-state index contributed by atoms with van der Waals surface area (Å²) in [4.78, 5) is 52.3. The van der Waals surface area contributed by atoms with E-state index in [9.17, 15) is 40.0 Å². The molecule has 0 saturated carbocycles. The number of aliphatic carboxylic acids is 2. The number of aliphatic hydroxyl groups excluding tert-OH is 2. The van der Waals surface area contributed by atoms with Gasteiger partial charge in [-0.15, -0.1) is 9.48 Å². The van der Waals surface area contributed by atoms with E-state index in [1.165, 1.54) is 12.4 Å². The fraction of sp³-hybridized carbons (Fsp3) is 0.706. The van der Waals surface area contributed by atoms with Gasteiger partial charge in [0.15, 0.2) is 0 Å². The number of aryl methyl sites for hydroxylation is 2. The molecule has 2 aromatic rings. The van der Waals surface area contributed by atoms with Crippen molar-refractivity contribution in [2.45, 2.75) is 119 Å². The van der Waals surface area contributed by atoms with Crippen molar-refractivity contribution in [3.63, 3.8) is 0 Å². The number of aliphatic hydroxyl groups is 2. The van der Waals surface area contributed by atoms with Crippen LogP contribution in [0.1, 0.15) is 108 Å². The van der Waals surface area contributed by atoms with Crippen LogP contribution in [0, 0.1) is 31.1 Å². The minimum atomic E-state index is -1.01. The van der Waals surface area contributed by atoms with Gasteiger partial charge in [-0.1, -0.05) is 41.5 Å². The number of carboxylic acids is 2. The van der Waals surface area contributed by atoms with E-state index in [0.29, 0.717) is 11.4 Å². The van der Waals surface area contributed by atoms with Gasteiger partial charge >= 0.3 is 11.7 Å². The zero-order chi connectivity index (χ0) is 42.2. The van der Waals surface area contributed by atoms with Crippen molar-refractivity contribution < 1.29 is 66.1 Å². The topological polar surface area (TPSA) is 249 Å². The molecule has 4 heterocycles. The molecule has 0 spiro atoms. The third-order valence-corrected chi connectivity index (χ3v) is 9.11. The van der Waals surface area contributed by atoms with Crippen LogP contribution >= 0.6 is 0 Å². The van der Waals surface area contributed by atoms with Crippen LogP contribution in [0.25, 0.3) is 0 Å². The molecule has 0 fully saturated rings. The van der Waals surface area contributed by atoms with E-state index in [4.69, 9.17) is 10.2 Å². The van der Waals surface area contributed by atoms with Gasteiger partial charge in [0, 0.05) is 133 Å². The van der Waals surface area contributed by atoms with Gasteiger partial charge in [-0.25, -0.2) is 9.97 Å². The van der Waals surface area contributed by atoms with Crippen LogP contribution in [0.5, 0.6) is 0 Å². The van der Waals surface area contributed by atoms with Crippen molar-refractivity contribution in [1.29, 1.82) is 0 Å². The number of carboxylic acid groups (broad SMARTS) is 2. The van der Waals surface area contributed by atoms with Crippen LogP contribution in [0.3, 0.4) is 0 Å². The van der Waals surface area contributed by atoms with Gasteiger partial charge in [0.05, 0.1) is 25.0 Å². The number of rotatable bonds is 2. The summed E-state index contributed by atoms with van der Waals surface area (Å²) in [5.74, 6) is -1.76. The molecule has 2 N–H and O–H groups in total. The molecule has 0 aromatic carbocycles. The number of imidazole rings is 2. The Labute approximate surface area is 323 Å². The number of carbonyl (C=O) groups is 2. The van der Waals surface area contributed by atoms with E-state index in [1.54, 1.807) is 133 Å². The first-order valence-electron chi connectivity index (χ1n) is 16.2. The summed E-state index contributed by atoms with van der Waals surface area (Å²) in [7, 11) is 5.52. The average Bonchev–Trinajstić information content (AvgIpc) is 3.70. The monoisotopic (exact) mass is 803 g/mol. The van der Waals surface area contributed by atoms with Crippen molar-refractivity contribution in [2.75, 3.05) is 14.2 Å². The molecular weight excluding hydrogens is 744 g/mol. The predicted molar refractivity (Wildman–Crippen MR) is 191 cm³/mol. The van der Waals surface area contributed by atoms with Crippen LogP contribution in [-0.2, 0) is 40.8 Å². The van der Waals surface area contributed by atoms with Crippen LogP contribution in [-0.4, -0.2) is 108 Å². The summed E-state index contributed by atoms with van der Waals surface area (Å²) in [6.07, 6.45) is 6.20. The molecule has 307 valence electrons. The van der Waals surface area contributed by atoms with Crippen molar-refractivity contribution in [2.24, 2.45) is 24.9 Å². The van der Waals surface area contributed by atoms with Crippen LogP contribution in [0.4, 0.5) is 0 Å². The Hall–Kier alpha value is -4.06. The summed E-state index contributed by atoms with van der Waals surface area (Å²) in [5, 5.41) is 58.4. The Morgan fingerprint density at radius 3 is 0.925 bits per heavy atom. The maximum Gasteiger partial charge on any atom is 0.523 e. The average molecular weight is 804 g/mol. The van der Waals surface area contributed by atoms with Crippen molar-refractivity contribution in [3.8, 4) is 0 Å². The molecule has 0 atom stereocenters. The minimum absolute atomic E-state index is 0. The maximum absolute atomic E-state index is 12.3. The second kappa shape index (κ2) is 19.3. The van der Waals surface area contributed by atoms with Gasteiger partial charge in [0.25, 0.3) is 11.1 Å². The minimum Gasteiger partial charge on any atom is -0.618 e. The van der Waals surface area contributed by atoms with Crippen LogP contribution < -0.4 is 10.2 Å². The first-order chi connectivity index (χ1) is 23.3. The Balaban J connectivity index is -0.000000650. The van der Waals surface area contributed by atoms with Crippen molar-refractivity contribution in [3.05, 3.63) is 56.7 Å². The van der Waals surface area contributed by atoms with Crippen molar-refractivity contribution >= 4 is 23.6 Å². The standard InChI is InChI=1S/2C11H17N4O2.2C5H10O2.2CH4O.Cu/c2*1-10(2)11(3,4)15(17)9(14(10)16)8-6-12-7-13(8)5;2*1-5(2,3)4(6)7;2*1-2;/h2*6-7H,1-5H3;2*1-3H3,(H,6,7);2*2H,1H3;/q2*+1;;;;;/p-2. The van der Waals surface area contributed by atoms with Gasteiger partial charge in [-0.2, -0.15) is 0 Å². The first-order valence-corrected chi connectivity index (χ1v) is 16.2. The Bertz CT molecular complexity index is 1520. The summed E-state index contributed by atoms with van der Waals surface area (Å²) in [6.45, 7) is 23.8. The number of nitrogens with zero attached hydrogens (tertiary/aromatic N) is 8. The molecule has 0 aliphatic carbocycles. The van der Waals surface area contributed by atoms with Crippen LogP contribution in [0.2, 0.25) is 0 Å². The van der Waals surface area contributed by atoms with Gasteiger partial charge in [0.2, 0.25) is 22.5 Å². The number of hydroxylamine groups is 2. The maximum atomic E-state index is 12.3. The van der Waals surface area contributed by atoms with E-state index >= 15 is 0 Å². The Kier molecular flexibility index (Phi) is 19.4. The smallest absolute Gasteiger partial charge is 0.523 e. The molecule has 0 amide bonds. The number of carbonyl (C=O) groups excluding carboxylic acids is 2. The number of nitroso groups, excluding NO2 is 2. The van der Waals surface area contributed by atoms with E-state index < -0.39 is 44.9 Å². The third kappa shape index (κ3) is 11.5. The van der Waals surface area contributed by atoms with E-state index in [-0.39, 0.29) is 28.7 Å². The first kappa shape index (κ1) is 53.3. The molecule has 2 aliphatic rings. The molecule has 0 unspecified atom stereocenters. The molecule has 53 heavy (non-hydrogen) atoms. The fourth-order valence-electron chi connectivity index (χ4n) is 3.78. The molecule has 4 rings (SSSR count). The quantitative estimate of drug-likeness (QED) is 0.244. The van der Waals surface area contributed by atoms with E-state index in [0.717, 1.165) is 33.2 Å². The second-order valence-electron chi connectivity index (χ2n) is 15.9. The molecule has 19 heteroatoms. The molecule has 1 radical (unpaired) electrons.